The number of rotatable bonds is 54. The van der Waals surface area contributed by atoms with E-state index in [0.29, 0.717) is 12.8 Å². The van der Waals surface area contributed by atoms with E-state index < -0.39 is 86.8 Å². The molecule has 0 spiro atoms. The van der Waals surface area contributed by atoms with Crippen molar-refractivity contribution >= 4 is 5.91 Å². The van der Waals surface area contributed by atoms with E-state index in [9.17, 15) is 45.6 Å². The molecule has 2 saturated heterocycles. The highest BCUT2D eigenvalue weighted by molar-refractivity contribution is 5.76. The number of unbranched alkanes of at least 4 members (excludes halogenated alkanes) is 21. The van der Waals surface area contributed by atoms with E-state index in [1.165, 1.54) is 96.3 Å². The Labute approximate surface area is 532 Å². The van der Waals surface area contributed by atoms with E-state index in [-0.39, 0.29) is 18.9 Å². The normalized spacial score (nSPS) is 24.0. The minimum Gasteiger partial charge on any atom is -0.394 e. The van der Waals surface area contributed by atoms with Gasteiger partial charge in [0.05, 0.1) is 32.0 Å². The van der Waals surface area contributed by atoms with Crippen molar-refractivity contribution in [1.29, 1.82) is 0 Å². The molecule has 2 rings (SSSR count). The van der Waals surface area contributed by atoms with E-state index in [0.717, 1.165) is 103 Å². The van der Waals surface area contributed by atoms with Crippen molar-refractivity contribution in [2.75, 3.05) is 19.8 Å². The lowest BCUT2D eigenvalue weighted by Crippen LogP contribution is -2.65. The van der Waals surface area contributed by atoms with Crippen LogP contribution < -0.4 is 5.32 Å². The van der Waals surface area contributed by atoms with Crippen molar-refractivity contribution in [2.24, 2.45) is 0 Å². The summed E-state index contributed by atoms with van der Waals surface area (Å²) in [6.07, 6.45) is 67.8. The van der Waals surface area contributed by atoms with Gasteiger partial charge < -0.3 is 65.1 Å². The van der Waals surface area contributed by atoms with Gasteiger partial charge in [-0.05, 0) is 109 Å². The second kappa shape index (κ2) is 57.1. The molecular weight excluding hydrogens is 1110 g/mol. The third-order valence-electron chi connectivity index (χ3n) is 15.8. The average molecular weight is 1230 g/mol. The van der Waals surface area contributed by atoms with Crippen molar-refractivity contribution in [1.82, 2.24) is 5.32 Å². The number of carbonyl (C=O) groups excluding carboxylic acids is 1. The van der Waals surface area contributed by atoms with Gasteiger partial charge in [0.25, 0.3) is 0 Å². The minimum atomic E-state index is -1.80. The summed E-state index contributed by atoms with van der Waals surface area (Å²) in [6, 6.07) is -0.964. The lowest BCUT2D eigenvalue weighted by molar-refractivity contribution is -0.359. The van der Waals surface area contributed by atoms with Gasteiger partial charge >= 0.3 is 0 Å². The molecule has 2 aliphatic heterocycles. The molecule has 0 radical (unpaired) electrons. The highest BCUT2D eigenvalue weighted by Crippen LogP contribution is 2.30. The molecule has 0 aliphatic carbocycles. The molecule has 0 aromatic heterocycles. The van der Waals surface area contributed by atoms with Crippen LogP contribution in [0.4, 0.5) is 0 Å². The molecule has 0 aromatic rings. The zero-order valence-electron chi connectivity index (χ0n) is 54.4. The number of hydrogen-bond donors (Lipinski definition) is 9. The standard InChI is InChI=1S/C74H123NO13/c1-3-5-7-9-11-13-15-17-19-21-23-25-27-29-30-31-32-34-36-38-40-42-44-46-48-50-52-54-56-58-66(79)75-62(61-85-73-71(84)69(82)72(65(60-77)87-73)88-74-70(83)68(81)67(80)64(59-76)86-74)63(78)57-55-53-51-49-47-45-43-41-39-37-35-33-28-26-24-22-20-18-16-14-12-10-8-6-4-2/h5,7,11,13,17,19,23,25,29-30,32,34,38-41,44,46-47,49,55,57,62-65,67-74,76-78,80-84H,3-4,6,8-10,12,14-16,18,20-22,24,26-28,31,33,35-37,42-43,45,48,50-54,56,58-61H2,1-2H3,(H,75,79)/b7-5-,13-11-,19-17-,25-23-,30-29-,34-32-,40-38-,41-39+,46-44-,49-47+,57-55+. The van der Waals surface area contributed by atoms with Crippen molar-refractivity contribution in [3.05, 3.63) is 134 Å². The Morgan fingerprint density at radius 1 is 0.420 bits per heavy atom. The maximum Gasteiger partial charge on any atom is 0.220 e. The molecule has 2 aliphatic rings. The van der Waals surface area contributed by atoms with Gasteiger partial charge in [-0.3, -0.25) is 4.79 Å². The highest BCUT2D eigenvalue weighted by Gasteiger charge is 2.51. The molecule has 12 atom stereocenters. The summed E-state index contributed by atoms with van der Waals surface area (Å²) >= 11 is 0. The summed E-state index contributed by atoms with van der Waals surface area (Å²) < 4.78 is 22.8. The number of hydrogen-bond acceptors (Lipinski definition) is 13. The molecular formula is C74H123NO13. The highest BCUT2D eigenvalue weighted by atomic mass is 16.7. The van der Waals surface area contributed by atoms with Gasteiger partial charge in [-0.2, -0.15) is 0 Å². The molecule has 88 heavy (non-hydrogen) atoms. The van der Waals surface area contributed by atoms with Gasteiger partial charge in [-0.1, -0.05) is 250 Å². The Kier molecular flexibility index (Phi) is 52.0. The fraction of sp³-hybridized carbons (Fsp3) is 0.689. The summed E-state index contributed by atoms with van der Waals surface area (Å²) in [6.45, 7) is 2.64. The van der Waals surface area contributed by atoms with Crippen LogP contribution >= 0.6 is 0 Å². The van der Waals surface area contributed by atoms with Crippen LogP contribution in [0.2, 0.25) is 0 Å². The molecule has 12 unspecified atom stereocenters. The molecule has 0 aromatic carbocycles. The SMILES string of the molecule is CC/C=C\C/C=C\C/C=C\C/C=C\C/C=C\C/C=C\C/C=C\C/C=C\CCCCCCC(=O)NC(COC1OC(CO)C(OC2OC(CO)C(O)C(O)C2O)C(O)C1O)C(O)/C=C/CC/C=C/CC/C=C/CCCCCCCCCCCCCCCCC. The van der Waals surface area contributed by atoms with E-state index in [1.54, 1.807) is 6.08 Å². The van der Waals surface area contributed by atoms with Gasteiger partial charge in [-0.15, -0.1) is 0 Å². The first-order chi connectivity index (χ1) is 43.1. The fourth-order valence-corrected chi connectivity index (χ4v) is 10.3. The predicted octanol–water partition coefficient (Wildman–Crippen LogP) is 13.9. The lowest BCUT2D eigenvalue weighted by Gasteiger charge is -2.46. The molecule has 2 fully saturated rings. The topological polar surface area (TPSA) is 228 Å². The fourth-order valence-electron chi connectivity index (χ4n) is 10.3. The van der Waals surface area contributed by atoms with E-state index in [4.69, 9.17) is 18.9 Å². The van der Waals surface area contributed by atoms with Gasteiger partial charge in [0.2, 0.25) is 5.91 Å². The predicted molar refractivity (Wildman–Crippen MR) is 359 cm³/mol. The van der Waals surface area contributed by atoms with Crippen molar-refractivity contribution in [3.63, 3.8) is 0 Å². The monoisotopic (exact) mass is 1230 g/mol. The minimum absolute atomic E-state index is 0.231. The first kappa shape index (κ1) is 80.2. The summed E-state index contributed by atoms with van der Waals surface area (Å²) in [7, 11) is 0. The first-order valence-corrected chi connectivity index (χ1v) is 34.4. The van der Waals surface area contributed by atoms with E-state index >= 15 is 0 Å². The maximum atomic E-state index is 13.3. The third-order valence-corrected chi connectivity index (χ3v) is 15.8. The second-order valence-electron chi connectivity index (χ2n) is 23.5. The number of carbonyl (C=O) groups is 1. The number of amides is 1. The molecule has 0 bridgehead atoms. The van der Waals surface area contributed by atoms with Gasteiger partial charge in [0.1, 0.15) is 48.8 Å². The number of nitrogens with one attached hydrogen (secondary N) is 1. The van der Waals surface area contributed by atoms with Crippen LogP contribution in [-0.2, 0) is 23.7 Å². The van der Waals surface area contributed by atoms with Crippen molar-refractivity contribution < 1.29 is 64.6 Å². The molecule has 0 saturated carbocycles. The Morgan fingerprint density at radius 3 is 1.25 bits per heavy atom. The van der Waals surface area contributed by atoms with Crippen LogP contribution in [0.15, 0.2) is 134 Å². The molecule has 2 heterocycles. The van der Waals surface area contributed by atoms with Crippen LogP contribution in [0.5, 0.6) is 0 Å². The van der Waals surface area contributed by atoms with Crippen LogP contribution in [0.25, 0.3) is 0 Å². The van der Waals surface area contributed by atoms with Crippen molar-refractivity contribution in [3.8, 4) is 0 Å². The largest absolute Gasteiger partial charge is 0.394 e. The number of aliphatic hydroxyl groups is 8. The summed E-state index contributed by atoms with van der Waals surface area (Å²) in [4.78, 5) is 13.3. The average Bonchev–Trinajstić information content (AvgIpc) is 2.07. The Morgan fingerprint density at radius 2 is 0.795 bits per heavy atom. The maximum absolute atomic E-state index is 13.3. The van der Waals surface area contributed by atoms with E-state index in [2.05, 4.69) is 141 Å². The first-order valence-electron chi connectivity index (χ1n) is 34.4. The van der Waals surface area contributed by atoms with Crippen LogP contribution in [0.3, 0.4) is 0 Å². The molecule has 9 N–H and O–H groups in total. The van der Waals surface area contributed by atoms with Gasteiger partial charge in [-0.25, -0.2) is 0 Å². The summed E-state index contributed by atoms with van der Waals surface area (Å²) in [5.74, 6) is -0.282. The second-order valence-corrected chi connectivity index (χ2v) is 23.5. The molecule has 502 valence electrons. The number of allylic oxidation sites excluding steroid dienone is 21. The zero-order chi connectivity index (χ0) is 63.8. The molecule has 14 heteroatoms. The number of ether oxygens (including phenoxy) is 4. The van der Waals surface area contributed by atoms with Crippen molar-refractivity contribution in [2.45, 2.75) is 306 Å². The van der Waals surface area contributed by atoms with Crippen LogP contribution in [0, 0.1) is 0 Å². The zero-order valence-corrected chi connectivity index (χ0v) is 54.4. The Hall–Kier alpha value is -3.87. The third kappa shape index (κ3) is 40.8. The van der Waals surface area contributed by atoms with Crippen LogP contribution in [-0.4, -0.2) is 140 Å². The molecule has 1 amide bonds. The van der Waals surface area contributed by atoms with E-state index in [1.807, 2.05) is 6.08 Å². The Bertz CT molecular complexity index is 1990. The Balaban J connectivity index is 1.75. The number of aliphatic hydroxyl groups excluding tert-OH is 8. The summed E-state index contributed by atoms with van der Waals surface area (Å²) in [5.41, 5.74) is 0. The molecule has 14 nitrogen and oxygen atoms in total. The quantitative estimate of drug-likeness (QED) is 0.0204. The summed E-state index contributed by atoms with van der Waals surface area (Å²) in [5, 5.41) is 87.4. The van der Waals surface area contributed by atoms with Gasteiger partial charge in [0.15, 0.2) is 12.6 Å². The van der Waals surface area contributed by atoms with Gasteiger partial charge in [0, 0.05) is 6.42 Å². The lowest BCUT2D eigenvalue weighted by atomic mass is 9.97. The van der Waals surface area contributed by atoms with Crippen LogP contribution in [0.1, 0.15) is 232 Å². The smallest absolute Gasteiger partial charge is 0.220 e.